The van der Waals surface area contributed by atoms with Gasteiger partial charge in [0.05, 0.1) is 24.5 Å². The fourth-order valence-electron chi connectivity index (χ4n) is 2.58. The van der Waals surface area contributed by atoms with E-state index in [-0.39, 0.29) is 36.8 Å². The average molecular weight is 420 g/mol. The number of H-pyrrole nitrogens is 1. The number of halogens is 1. The molecule has 1 aromatic carbocycles. The minimum atomic E-state index is -0.612. The lowest BCUT2D eigenvalue weighted by atomic mass is 10.1. The maximum absolute atomic E-state index is 12.3. The molecule has 154 valence electrons. The van der Waals surface area contributed by atoms with Crippen LogP contribution in [0, 0.1) is 6.92 Å². The molecule has 0 amide bonds. The van der Waals surface area contributed by atoms with Gasteiger partial charge in [0.15, 0.2) is 0 Å². The number of carbonyl (C=O) groups is 3. The average Bonchev–Trinajstić information content (AvgIpc) is 3.02. The summed E-state index contributed by atoms with van der Waals surface area (Å²) in [6.45, 7) is 5.07. The van der Waals surface area contributed by atoms with Gasteiger partial charge in [-0.05, 0) is 50.1 Å². The summed E-state index contributed by atoms with van der Waals surface area (Å²) in [6, 6.07) is 6.92. The lowest BCUT2D eigenvalue weighted by Crippen LogP contribution is -2.10. The van der Waals surface area contributed by atoms with Crippen molar-refractivity contribution < 1.29 is 28.6 Å². The monoisotopic (exact) mass is 419 g/mol. The number of aromatic amines is 1. The molecule has 0 aliphatic carbocycles. The number of hydrogen-bond acceptors (Lipinski definition) is 6. The highest BCUT2D eigenvalue weighted by Gasteiger charge is 2.26. The molecule has 0 fully saturated rings. The topological polar surface area (TPSA) is 94.7 Å². The van der Waals surface area contributed by atoms with Crippen LogP contribution in [0.1, 0.15) is 51.5 Å². The van der Waals surface area contributed by atoms with Crippen LogP contribution in [0.4, 0.5) is 0 Å². The molecule has 0 saturated carbocycles. The second kappa shape index (κ2) is 10.5. The quantitative estimate of drug-likeness (QED) is 0.393. The Labute approximate surface area is 173 Å². The smallest absolute Gasteiger partial charge is 0.355 e. The van der Waals surface area contributed by atoms with Crippen LogP contribution in [0.25, 0.3) is 6.08 Å². The van der Waals surface area contributed by atoms with Gasteiger partial charge in [-0.3, -0.25) is 0 Å². The fourth-order valence-corrected chi connectivity index (χ4v) is 2.71. The van der Waals surface area contributed by atoms with Gasteiger partial charge in [-0.25, -0.2) is 14.4 Å². The molecule has 1 aromatic heterocycles. The summed E-state index contributed by atoms with van der Waals surface area (Å²) in [4.78, 5) is 39.3. The maximum Gasteiger partial charge on any atom is 0.355 e. The highest BCUT2D eigenvalue weighted by Crippen LogP contribution is 2.21. The number of aromatic nitrogens is 1. The highest BCUT2D eigenvalue weighted by atomic mass is 35.5. The van der Waals surface area contributed by atoms with Crippen molar-refractivity contribution in [1.82, 2.24) is 4.98 Å². The van der Waals surface area contributed by atoms with Crippen LogP contribution in [0.5, 0.6) is 0 Å². The number of carbonyl (C=O) groups excluding carboxylic acids is 3. The van der Waals surface area contributed by atoms with Gasteiger partial charge in [0.1, 0.15) is 12.3 Å². The molecule has 1 N–H and O–H groups in total. The van der Waals surface area contributed by atoms with Crippen molar-refractivity contribution in [2.45, 2.75) is 27.4 Å². The summed E-state index contributed by atoms with van der Waals surface area (Å²) in [5.74, 6) is -1.82. The molecule has 0 unspecified atom stereocenters. The zero-order valence-corrected chi connectivity index (χ0v) is 17.2. The van der Waals surface area contributed by atoms with Crippen LogP contribution in [-0.4, -0.2) is 36.1 Å². The van der Waals surface area contributed by atoms with Gasteiger partial charge in [-0.1, -0.05) is 23.7 Å². The Hall–Kier alpha value is -3.06. The Morgan fingerprint density at radius 3 is 2.24 bits per heavy atom. The van der Waals surface area contributed by atoms with Gasteiger partial charge in [0.25, 0.3) is 0 Å². The molecular weight excluding hydrogens is 398 g/mol. The van der Waals surface area contributed by atoms with Gasteiger partial charge in [-0.2, -0.15) is 0 Å². The number of ether oxygens (including phenoxy) is 3. The Kier molecular flexibility index (Phi) is 8.03. The van der Waals surface area contributed by atoms with E-state index in [0.717, 1.165) is 5.56 Å². The number of benzene rings is 1. The zero-order chi connectivity index (χ0) is 21.4. The third-order valence-corrected chi connectivity index (χ3v) is 4.18. The maximum atomic E-state index is 12.3. The third-order valence-electron chi connectivity index (χ3n) is 3.93. The zero-order valence-electron chi connectivity index (χ0n) is 16.4. The largest absolute Gasteiger partial charge is 0.462 e. The lowest BCUT2D eigenvalue weighted by molar-refractivity contribution is -0.139. The van der Waals surface area contributed by atoms with Crippen LogP contribution in [0.15, 0.2) is 30.3 Å². The molecule has 0 bridgehead atoms. The summed E-state index contributed by atoms with van der Waals surface area (Å²) in [5, 5.41) is 0.593. The second-order valence-corrected chi connectivity index (χ2v) is 6.35. The summed E-state index contributed by atoms with van der Waals surface area (Å²) in [5.41, 5.74) is 1.70. The molecule has 2 rings (SSSR count). The molecule has 1 heterocycles. The minimum Gasteiger partial charge on any atom is -0.462 e. The van der Waals surface area contributed by atoms with Gasteiger partial charge < -0.3 is 19.2 Å². The first kappa shape index (κ1) is 22.2. The number of hydrogen-bond donors (Lipinski definition) is 1. The molecular formula is C21H22ClNO6. The first-order valence-corrected chi connectivity index (χ1v) is 9.41. The summed E-state index contributed by atoms with van der Waals surface area (Å²) < 4.78 is 15.2. The SMILES string of the molecule is CCOC(=O)c1[nH]c(COC(=O)/C=C/c2ccc(Cl)cc2)c(C(=O)OCC)c1C. The van der Waals surface area contributed by atoms with E-state index < -0.39 is 17.9 Å². The van der Waals surface area contributed by atoms with Gasteiger partial charge in [0, 0.05) is 11.1 Å². The predicted molar refractivity (Wildman–Crippen MR) is 108 cm³/mol. The van der Waals surface area contributed by atoms with Crippen LogP contribution in [-0.2, 0) is 25.6 Å². The van der Waals surface area contributed by atoms with Crippen molar-refractivity contribution in [3.63, 3.8) is 0 Å². The standard InChI is InChI=1S/C21H22ClNO6/c1-4-27-20(25)18-13(3)19(21(26)28-5-2)23-16(18)12-29-17(24)11-8-14-6-9-15(22)10-7-14/h6-11,23H,4-5,12H2,1-3H3/b11-8+. The van der Waals surface area contributed by atoms with Crippen LogP contribution < -0.4 is 0 Å². The lowest BCUT2D eigenvalue weighted by Gasteiger charge is -2.05. The normalized spacial score (nSPS) is 10.8. The van der Waals surface area contributed by atoms with Gasteiger partial charge in [0.2, 0.25) is 0 Å². The van der Waals surface area contributed by atoms with Crippen molar-refractivity contribution in [3.05, 3.63) is 63.4 Å². The van der Waals surface area contributed by atoms with E-state index in [4.69, 9.17) is 25.8 Å². The molecule has 0 radical (unpaired) electrons. The summed E-state index contributed by atoms with van der Waals surface area (Å²) >= 11 is 5.82. The minimum absolute atomic E-state index is 0.123. The van der Waals surface area contributed by atoms with E-state index in [1.807, 2.05) is 0 Å². The predicted octanol–water partition coefficient (Wildman–Crippen LogP) is 4.09. The van der Waals surface area contributed by atoms with Crippen molar-refractivity contribution in [3.8, 4) is 0 Å². The van der Waals surface area contributed by atoms with Crippen LogP contribution in [0.3, 0.4) is 0 Å². The van der Waals surface area contributed by atoms with Gasteiger partial charge >= 0.3 is 17.9 Å². The van der Waals surface area contributed by atoms with Crippen molar-refractivity contribution in [2.24, 2.45) is 0 Å². The molecule has 0 aliphatic heterocycles. The molecule has 29 heavy (non-hydrogen) atoms. The van der Waals surface area contributed by atoms with Crippen LogP contribution in [0.2, 0.25) is 5.02 Å². The summed E-state index contributed by atoms with van der Waals surface area (Å²) in [7, 11) is 0. The Balaban J connectivity index is 2.16. The molecule has 7 nitrogen and oxygen atoms in total. The summed E-state index contributed by atoms with van der Waals surface area (Å²) in [6.07, 6.45) is 2.84. The van der Waals surface area contributed by atoms with Gasteiger partial charge in [-0.15, -0.1) is 0 Å². The van der Waals surface area contributed by atoms with E-state index in [9.17, 15) is 14.4 Å². The molecule has 0 atom stereocenters. The molecule has 8 heteroatoms. The Morgan fingerprint density at radius 2 is 1.62 bits per heavy atom. The van der Waals surface area contributed by atoms with Crippen molar-refractivity contribution in [2.75, 3.05) is 13.2 Å². The fraction of sp³-hybridized carbons (Fsp3) is 0.286. The highest BCUT2D eigenvalue weighted by molar-refractivity contribution is 6.30. The van der Waals surface area contributed by atoms with Crippen molar-refractivity contribution in [1.29, 1.82) is 0 Å². The Bertz CT molecular complexity index is 914. The number of nitrogens with one attached hydrogen (secondary N) is 1. The van der Waals surface area contributed by atoms with E-state index in [2.05, 4.69) is 4.98 Å². The van der Waals surface area contributed by atoms with Crippen molar-refractivity contribution >= 4 is 35.6 Å². The van der Waals surface area contributed by atoms with E-state index in [1.54, 1.807) is 51.1 Å². The molecule has 0 saturated heterocycles. The first-order chi connectivity index (χ1) is 13.9. The Morgan fingerprint density at radius 1 is 1.00 bits per heavy atom. The first-order valence-electron chi connectivity index (χ1n) is 9.03. The van der Waals surface area contributed by atoms with E-state index in [1.165, 1.54) is 6.08 Å². The second-order valence-electron chi connectivity index (χ2n) is 5.91. The number of esters is 3. The molecule has 0 aliphatic rings. The third kappa shape index (κ3) is 5.96. The molecule has 0 spiro atoms. The number of rotatable bonds is 8. The van der Waals surface area contributed by atoms with E-state index in [0.29, 0.717) is 10.6 Å². The van der Waals surface area contributed by atoms with E-state index >= 15 is 0 Å². The van der Waals surface area contributed by atoms with Crippen LogP contribution >= 0.6 is 11.6 Å². The molecule has 2 aromatic rings.